The fraction of sp³-hybridized carbons (Fsp3) is 0.143. The fourth-order valence-corrected chi connectivity index (χ4v) is 1.03. The monoisotopic (exact) mass is 225 g/mol. The second kappa shape index (κ2) is 3.83. The van der Waals surface area contributed by atoms with Gasteiger partial charge in [0, 0.05) is 6.20 Å². The van der Waals surface area contributed by atoms with E-state index in [-0.39, 0.29) is 0 Å². The van der Waals surface area contributed by atoms with Crippen molar-refractivity contribution >= 4 is 17.6 Å². The van der Waals surface area contributed by atoms with Gasteiger partial charge in [0.25, 0.3) is 6.43 Å². The van der Waals surface area contributed by atoms with Gasteiger partial charge in [0.05, 0.1) is 5.56 Å². The normalized spacial score (nSPS) is 10.6. The molecule has 0 atom stereocenters. The summed E-state index contributed by atoms with van der Waals surface area (Å²) in [6.07, 6.45) is -2.61. The lowest BCUT2D eigenvalue weighted by Gasteiger charge is -2.05. The summed E-state index contributed by atoms with van der Waals surface area (Å²) >= 11 is 5.18. The van der Waals surface area contributed by atoms with Gasteiger partial charge in [0.15, 0.2) is 5.82 Å². The molecule has 1 heterocycles. The van der Waals surface area contributed by atoms with Crippen LogP contribution in [0.4, 0.5) is 13.2 Å². The Hall–Kier alpha value is -1.30. The van der Waals surface area contributed by atoms with Gasteiger partial charge in [0.2, 0.25) is 0 Å². The van der Waals surface area contributed by atoms with Gasteiger partial charge in [-0.05, 0) is 0 Å². The minimum atomic E-state index is -3.20. The van der Waals surface area contributed by atoms with E-state index in [0.717, 1.165) is 0 Å². The molecule has 7 heteroatoms. The number of carbonyl (C=O) groups is 1. The SMILES string of the molecule is O=C(O)c1cnc(Cl)c(C(F)F)c1F. The number of carboxylic acids is 1. The van der Waals surface area contributed by atoms with E-state index in [1.807, 2.05) is 0 Å². The van der Waals surface area contributed by atoms with Crippen LogP contribution >= 0.6 is 11.6 Å². The quantitative estimate of drug-likeness (QED) is 0.787. The smallest absolute Gasteiger partial charge is 0.340 e. The van der Waals surface area contributed by atoms with Crippen molar-refractivity contribution in [1.29, 1.82) is 0 Å². The maximum absolute atomic E-state index is 13.0. The van der Waals surface area contributed by atoms with Crippen LogP contribution in [0.25, 0.3) is 0 Å². The third-order valence-electron chi connectivity index (χ3n) is 1.45. The minimum Gasteiger partial charge on any atom is -0.478 e. The highest BCUT2D eigenvalue weighted by Gasteiger charge is 2.24. The number of nitrogens with zero attached hydrogens (tertiary/aromatic N) is 1. The van der Waals surface area contributed by atoms with Gasteiger partial charge in [-0.25, -0.2) is 22.9 Å². The molecule has 0 aromatic carbocycles. The van der Waals surface area contributed by atoms with E-state index in [9.17, 15) is 18.0 Å². The Labute approximate surface area is 81.1 Å². The topological polar surface area (TPSA) is 50.2 Å². The van der Waals surface area contributed by atoms with Crippen LogP contribution in [0.2, 0.25) is 5.15 Å². The van der Waals surface area contributed by atoms with Crippen molar-refractivity contribution in [1.82, 2.24) is 4.98 Å². The molecular formula is C7H3ClF3NO2. The molecule has 1 N–H and O–H groups in total. The zero-order valence-corrected chi connectivity index (χ0v) is 7.23. The van der Waals surface area contributed by atoms with Crippen molar-refractivity contribution in [3.8, 4) is 0 Å². The number of alkyl halides is 2. The Kier molecular flexibility index (Phi) is 2.95. The largest absolute Gasteiger partial charge is 0.478 e. The predicted molar refractivity (Wildman–Crippen MR) is 41.1 cm³/mol. The summed E-state index contributed by atoms with van der Waals surface area (Å²) in [6.45, 7) is 0. The molecule has 0 saturated heterocycles. The molecule has 0 radical (unpaired) electrons. The average molecular weight is 226 g/mol. The molecular weight excluding hydrogens is 223 g/mol. The van der Waals surface area contributed by atoms with Gasteiger partial charge in [-0.2, -0.15) is 0 Å². The number of aromatic nitrogens is 1. The summed E-state index contributed by atoms with van der Waals surface area (Å²) in [5.74, 6) is -3.22. The summed E-state index contributed by atoms with van der Waals surface area (Å²) in [4.78, 5) is 13.5. The van der Waals surface area contributed by atoms with Crippen molar-refractivity contribution < 1.29 is 23.1 Å². The minimum absolute atomic E-state index is 0.589. The Bertz CT molecular complexity index is 383. The van der Waals surface area contributed by atoms with Crippen molar-refractivity contribution in [3.05, 3.63) is 28.3 Å². The molecule has 1 rings (SSSR count). The number of rotatable bonds is 2. The number of pyridine rings is 1. The molecule has 1 aromatic rings. The van der Waals surface area contributed by atoms with Crippen LogP contribution in [-0.4, -0.2) is 16.1 Å². The standard InChI is InChI=1S/C7H3ClF3NO2/c8-5-3(6(10)11)4(9)2(1-12-5)7(13)14/h1,6H,(H,13,14). The van der Waals surface area contributed by atoms with Crippen molar-refractivity contribution in [3.63, 3.8) is 0 Å². The van der Waals surface area contributed by atoms with Crippen molar-refractivity contribution in [2.24, 2.45) is 0 Å². The molecule has 0 saturated carbocycles. The highest BCUT2D eigenvalue weighted by molar-refractivity contribution is 6.30. The van der Waals surface area contributed by atoms with E-state index in [1.54, 1.807) is 0 Å². The number of hydrogen-bond donors (Lipinski definition) is 1. The van der Waals surface area contributed by atoms with Crippen LogP contribution in [0.3, 0.4) is 0 Å². The lowest BCUT2D eigenvalue weighted by Crippen LogP contribution is -2.06. The molecule has 0 bridgehead atoms. The lowest BCUT2D eigenvalue weighted by atomic mass is 10.2. The molecule has 0 fully saturated rings. The first-order valence-corrected chi connectivity index (χ1v) is 3.68. The number of hydrogen-bond acceptors (Lipinski definition) is 2. The maximum atomic E-state index is 13.0. The Morgan fingerprint density at radius 1 is 1.57 bits per heavy atom. The molecule has 14 heavy (non-hydrogen) atoms. The first-order valence-electron chi connectivity index (χ1n) is 3.30. The van der Waals surface area contributed by atoms with Gasteiger partial charge < -0.3 is 5.11 Å². The molecule has 1 aromatic heterocycles. The van der Waals surface area contributed by atoms with E-state index >= 15 is 0 Å². The van der Waals surface area contributed by atoms with Gasteiger partial charge in [0.1, 0.15) is 10.7 Å². The van der Waals surface area contributed by atoms with Gasteiger partial charge >= 0.3 is 5.97 Å². The van der Waals surface area contributed by atoms with Crippen LogP contribution in [-0.2, 0) is 0 Å². The van der Waals surface area contributed by atoms with Crippen LogP contribution < -0.4 is 0 Å². The van der Waals surface area contributed by atoms with Gasteiger partial charge in [-0.3, -0.25) is 0 Å². The molecule has 0 spiro atoms. The van der Waals surface area contributed by atoms with Gasteiger partial charge in [-0.15, -0.1) is 0 Å². The maximum Gasteiger partial charge on any atom is 0.340 e. The fourth-order valence-electron chi connectivity index (χ4n) is 0.818. The summed E-state index contributed by atoms with van der Waals surface area (Å²) in [5, 5.41) is 7.66. The van der Waals surface area contributed by atoms with Crippen LogP contribution in [0.1, 0.15) is 22.3 Å². The van der Waals surface area contributed by atoms with Crippen LogP contribution in [0.5, 0.6) is 0 Å². The van der Waals surface area contributed by atoms with E-state index in [1.165, 1.54) is 0 Å². The molecule has 76 valence electrons. The first-order chi connectivity index (χ1) is 6.45. The number of aromatic carboxylic acids is 1. The zero-order valence-electron chi connectivity index (χ0n) is 6.47. The van der Waals surface area contributed by atoms with Crippen LogP contribution in [0.15, 0.2) is 6.20 Å². The highest BCUT2D eigenvalue weighted by Crippen LogP contribution is 2.29. The predicted octanol–water partition coefficient (Wildman–Crippen LogP) is 2.51. The molecule has 0 aliphatic carbocycles. The van der Waals surface area contributed by atoms with E-state index in [2.05, 4.69) is 4.98 Å². The summed E-state index contributed by atoms with van der Waals surface area (Å²) in [6, 6.07) is 0. The second-order valence-corrected chi connectivity index (χ2v) is 2.65. The van der Waals surface area contributed by atoms with E-state index in [4.69, 9.17) is 16.7 Å². The summed E-state index contributed by atoms with van der Waals surface area (Å²) in [5.41, 5.74) is -2.11. The molecule has 0 unspecified atom stereocenters. The molecule has 3 nitrogen and oxygen atoms in total. The average Bonchev–Trinajstić information content (AvgIpc) is 2.02. The number of carboxylic acid groups (broad SMARTS) is 1. The summed E-state index contributed by atoms with van der Waals surface area (Å²) in [7, 11) is 0. The van der Waals surface area contributed by atoms with Crippen molar-refractivity contribution in [2.75, 3.05) is 0 Å². The number of halogens is 4. The zero-order chi connectivity index (χ0) is 10.9. The molecule has 0 aliphatic rings. The van der Waals surface area contributed by atoms with Crippen LogP contribution in [0, 0.1) is 5.82 Å². The van der Waals surface area contributed by atoms with E-state index < -0.39 is 34.5 Å². The van der Waals surface area contributed by atoms with Gasteiger partial charge in [-0.1, -0.05) is 11.6 Å². The lowest BCUT2D eigenvalue weighted by molar-refractivity contribution is 0.0690. The molecule has 0 amide bonds. The van der Waals surface area contributed by atoms with Crippen molar-refractivity contribution in [2.45, 2.75) is 6.43 Å². The second-order valence-electron chi connectivity index (χ2n) is 2.30. The Morgan fingerprint density at radius 2 is 2.14 bits per heavy atom. The Morgan fingerprint density at radius 3 is 2.57 bits per heavy atom. The Balaban J connectivity index is 3.41. The third kappa shape index (κ3) is 1.79. The summed E-state index contributed by atoms with van der Waals surface area (Å²) < 4.78 is 37.4. The molecule has 0 aliphatic heterocycles. The first kappa shape index (κ1) is 10.8. The third-order valence-corrected chi connectivity index (χ3v) is 1.75. The highest BCUT2D eigenvalue weighted by atomic mass is 35.5. The van der Waals surface area contributed by atoms with E-state index in [0.29, 0.717) is 6.20 Å².